The first-order valence-electron chi connectivity index (χ1n) is 7.03. The third-order valence-corrected chi connectivity index (χ3v) is 4.27. The van der Waals surface area contributed by atoms with Crippen molar-refractivity contribution in [2.75, 3.05) is 31.1 Å². The summed E-state index contributed by atoms with van der Waals surface area (Å²) in [6.07, 6.45) is 5.01. The summed E-state index contributed by atoms with van der Waals surface area (Å²) < 4.78 is 28.5. The van der Waals surface area contributed by atoms with E-state index in [0.717, 1.165) is 38.4 Å². The van der Waals surface area contributed by atoms with Crippen LogP contribution in [-0.4, -0.2) is 37.8 Å². The van der Waals surface area contributed by atoms with Crippen molar-refractivity contribution in [1.82, 2.24) is 10.3 Å². The molecule has 0 amide bonds. The highest BCUT2D eigenvalue weighted by molar-refractivity contribution is 5.42. The van der Waals surface area contributed by atoms with Crippen LogP contribution in [0.2, 0.25) is 0 Å². The molecule has 0 aromatic carbocycles. The Morgan fingerprint density at radius 2 is 2.25 bits per heavy atom. The molecule has 0 bridgehead atoms. The largest absolute Gasteiger partial charge is 0.433 e. The van der Waals surface area contributed by atoms with Gasteiger partial charge in [0.15, 0.2) is 0 Å². The molecule has 2 saturated heterocycles. The molecule has 0 radical (unpaired) electrons. The topological polar surface area (TPSA) is 37.4 Å². The van der Waals surface area contributed by atoms with Crippen LogP contribution in [0.15, 0.2) is 18.3 Å². The summed E-state index contributed by atoms with van der Waals surface area (Å²) in [5, 5.41) is 3.47. The van der Waals surface area contributed by atoms with E-state index >= 15 is 0 Å². The van der Waals surface area contributed by atoms with Crippen molar-refractivity contribution in [3.63, 3.8) is 0 Å². The van der Waals surface area contributed by atoms with Crippen LogP contribution >= 0.6 is 0 Å². The summed E-state index contributed by atoms with van der Waals surface area (Å²) in [4.78, 5) is 6.47. The Labute approximate surface area is 117 Å². The van der Waals surface area contributed by atoms with Crippen molar-refractivity contribution < 1.29 is 13.5 Å². The summed E-state index contributed by atoms with van der Waals surface area (Å²) in [7, 11) is 0. The molecule has 2 aliphatic rings. The van der Waals surface area contributed by atoms with E-state index in [0.29, 0.717) is 5.41 Å². The van der Waals surface area contributed by atoms with Gasteiger partial charge in [0.25, 0.3) is 0 Å². The Bertz CT molecular complexity index is 446. The van der Waals surface area contributed by atoms with Crippen LogP contribution in [0.3, 0.4) is 0 Å². The van der Waals surface area contributed by atoms with Crippen LogP contribution in [0.5, 0.6) is 5.75 Å². The molecule has 0 aliphatic carbocycles. The second-order valence-corrected chi connectivity index (χ2v) is 5.68. The van der Waals surface area contributed by atoms with E-state index in [9.17, 15) is 8.78 Å². The minimum atomic E-state index is -2.80. The lowest BCUT2D eigenvalue weighted by molar-refractivity contribution is -0.0500. The number of piperidine rings is 1. The number of pyridine rings is 1. The van der Waals surface area contributed by atoms with E-state index in [-0.39, 0.29) is 5.75 Å². The minimum absolute atomic E-state index is 0.108. The Kier molecular flexibility index (Phi) is 3.74. The average molecular weight is 283 g/mol. The van der Waals surface area contributed by atoms with Crippen LogP contribution < -0.4 is 15.0 Å². The Hall–Kier alpha value is -1.43. The van der Waals surface area contributed by atoms with Crippen LogP contribution in [0.25, 0.3) is 0 Å². The van der Waals surface area contributed by atoms with Crippen LogP contribution in [0.1, 0.15) is 19.3 Å². The van der Waals surface area contributed by atoms with E-state index in [1.54, 1.807) is 12.1 Å². The monoisotopic (exact) mass is 283 g/mol. The SMILES string of the molecule is FC(F)Oc1ccc(N2CCC3(CCCNC3)C2)nc1. The molecule has 6 heteroatoms. The molecule has 1 spiro atoms. The van der Waals surface area contributed by atoms with Gasteiger partial charge < -0.3 is 15.0 Å². The molecule has 1 N–H and O–H groups in total. The molecule has 3 rings (SSSR count). The summed E-state index contributed by atoms with van der Waals surface area (Å²) in [6, 6.07) is 3.31. The average Bonchev–Trinajstić information content (AvgIpc) is 2.83. The second-order valence-electron chi connectivity index (χ2n) is 5.68. The first kappa shape index (κ1) is 13.5. The highest BCUT2D eigenvalue weighted by Gasteiger charge is 2.39. The maximum Gasteiger partial charge on any atom is 0.387 e. The minimum Gasteiger partial charge on any atom is -0.433 e. The molecule has 2 fully saturated rings. The highest BCUT2D eigenvalue weighted by atomic mass is 19.3. The van der Waals surface area contributed by atoms with Gasteiger partial charge in [-0.15, -0.1) is 0 Å². The molecule has 1 unspecified atom stereocenters. The van der Waals surface area contributed by atoms with Crippen LogP contribution in [0.4, 0.5) is 14.6 Å². The van der Waals surface area contributed by atoms with Gasteiger partial charge in [0.2, 0.25) is 0 Å². The maximum atomic E-state index is 12.1. The van der Waals surface area contributed by atoms with Crippen molar-refractivity contribution in [3.8, 4) is 5.75 Å². The van der Waals surface area contributed by atoms with Gasteiger partial charge in [-0.25, -0.2) is 4.98 Å². The number of aromatic nitrogens is 1. The van der Waals surface area contributed by atoms with E-state index < -0.39 is 6.61 Å². The van der Waals surface area contributed by atoms with Gasteiger partial charge in [-0.1, -0.05) is 0 Å². The third-order valence-electron chi connectivity index (χ3n) is 4.27. The number of nitrogens with zero attached hydrogens (tertiary/aromatic N) is 2. The van der Waals surface area contributed by atoms with Crippen molar-refractivity contribution in [2.24, 2.45) is 5.41 Å². The molecule has 20 heavy (non-hydrogen) atoms. The second kappa shape index (κ2) is 5.52. The number of alkyl halides is 2. The van der Waals surface area contributed by atoms with Gasteiger partial charge in [0.05, 0.1) is 6.20 Å². The van der Waals surface area contributed by atoms with Gasteiger partial charge in [-0.3, -0.25) is 0 Å². The first-order chi connectivity index (χ1) is 9.67. The number of halogens is 2. The number of nitrogens with one attached hydrogen (secondary N) is 1. The van der Waals surface area contributed by atoms with Crippen molar-refractivity contribution >= 4 is 5.82 Å². The first-order valence-corrected chi connectivity index (χ1v) is 7.03. The van der Waals surface area contributed by atoms with Crippen LogP contribution in [-0.2, 0) is 0 Å². The molecule has 110 valence electrons. The molecule has 0 saturated carbocycles. The number of rotatable bonds is 3. The molecular formula is C14H19F2N3O. The van der Waals surface area contributed by atoms with E-state index in [4.69, 9.17) is 0 Å². The fraction of sp³-hybridized carbons (Fsp3) is 0.643. The number of anilines is 1. The zero-order valence-corrected chi connectivity index (χ0v) is 11.3. The van der Waals surface area contributed by atoms with Gasteiger partial charge in [0.1, 0.15) is 11.6 Å². The fourth-order valence-electron chi connectivity index (χ4n) is 3.24. The lowest BCUT2D eigenvalue weighted by Gasteiger charge is -2.33. The van der Waals surface area contributed by atoms with E-state index in [2.05, 4.69) is 19.9 Å². The maximum absolute atomic E-state index is 12.1. The lowest BCUT2D eigenvalue weighted by atomic mass is 9.80. The molecular weight excluding hydrogens is 264 g/mol. The van der Waals surface area contributed by atoms with Crippen LogP contribution in [0, 0.1) is 5.41 Å². The number of hydrogen-bond donors (Lipinski definition) is 1. The van der Waals surface area contributed by atoms with E-state index in [1.807, 2.05) is 0 Å². The standard InChI is InChI=1S/C14H19F2N3O/c15-13(16)20-11-2-3-12(18-8-11)19-7-5-14(10-19)4-1-6-17-9-14/h2-3,8,13,17H,1,4-7,9-10H2. The van der Waals surface area contributed by atoms with Gasteiger partial charge in [0, 0.05) is 25.0 Å². The summed E-state index contributed by atoms with van der Waals surface area (Å²) in [5.41, 5.74) is 0.359. The Morgan fingerprint density at radius 1 is 1.35 bits per heavy atom. The molecule has 4 nitrogen and oxygen atoms in total. The predicted octanol–water partition coefficient (Wildman–Crippen LogP) is 2.26. The van der Waals surface area contributed by atoms with Crippen molar-refractivity contribution in [3.05, 3.63) is 18.3 Å². The fourth-order valence-corrected chi connectivity index (χ4v) is 3.24. The molecule has 1 aromatic rings. The van der Waals surface area contributed by atoms with E-state index in [1.165, 1.54) is 19.0 Å². The third kappa shape index (κ3) is 2.85. The normalized spacial score (nSPS) is 26.4. The molecule has 3 heterocycles. The summed E-state index contributed by atoms with van der Waals surface area (Å²) in [5.74, 6) is 0.950. The molecule has 1 aromatic heterocycles. The van der Waals surface area contributed by atoms with Gasteiger partial charge in [-0.2, -0.15) is 8.78 Å². The van der Waals surface area contributed by atoms with Gasteiger partial charge >= 0.3 is 6.61 Å². The van der Waals surface area contributed by atoms with Crippen molar-refractivity contribution in [2.45, 2.75) is 25.9 Å². The number of ether oxygens (including phenoxy) is 1. The quantitative estimate of drug-likeness (QED) is 0.923. The summed E-state index contributed by atoms with van der Waals surface area (Å²) >= 11 is 0. The Morgan fingerprint density at radius 3 is 2.90 bits per heavy atom. The smallest absolute Gasteiger partial charge is 0.387 e. The molecule has 2 aliphatic heterocycles. The molecule has 1 atom stereocenters. The predicted molar refractivity (Wildman–Crippen MR) is 72.2 cm³/mol. The zero-order chi connectivity index (χ0) is 14.0. The van der Waals surface area contributed by atoms with Crippen molar-refractivity contribution in [1.29, 1.82) is 0 Å². The lowest BCUT2D eigenvalue weighted by Crippen LogP contribution is -2.42. The summed E-state index contributed by atoms with van der Waals surface area (Å²) in [6.45, 7) is 1.34. The zero-order valence-electron chi connectivity index (χ0n) is 11.3. The van der Waals surface area contributed by atoms with Gasteiger partial charge in [-0.05, 0) is 37.9 Å². The Balaban J connectivity index is 1.65. The number of hydrogen-bond acceptors (Lipinski definition) is 4. The highest BCUT2D eigenvalue weighted by Crippen LogP contribution is 2.38.